The minimum absolute atomic E-state index is 0.0807. The van der Waals surface area contributed by atoms with Crippen LogP contribution in [0.5, 0.6) is 5.75 Å². The summed E-state index contributed by atoms with van der Waals surface area (Å²) in [6.45, 7) is -1.04. The number of carboxylic acid groups (broad SMARTS) is 1. The number of carbonyl (C=O) groups is 2. The average Bonchev–Trinajstić information content (AvgIpc) is 4.07. The summed E-state index contributed by atoms with van der Waals surface area (Å²) < 4.78 is 12.8. The van der Waals surface area contributed by atoms with Gasteiger partial charge < -0.3 is 40.3 Å². The Morgan fingerprint density at radius 3 is 2.42 bits per heavy atom. The minimum atomic E-state index is -1.76. The molecular formula is C38H47Cl2N3O9. The molecule has 0 radical (unpaired) electrons. The lowest BCUT2D eigenvalue weighted by molar-refractivity contribution is -0.138. The van der Waals surface area contributed by atoms with Crippen molar-refractivity contribution in [2.75, 3.05) is 26.7 Å². The number of rotatable bonds is 21. The number of aromatic nitrogens is 1. The number of likely N-dealkylation sites (N-methyl/N-ethyl adjacent to an activating group) is 1. The summed E-state index contributed by atoms with van der Waals surface area (Å²) >= 11 is 13.4. The van der Waals surface area contributed by atoms with Crippen LogP contribution in [0.1, 0.15) is 61.6 Å². The zero-order valence-electron chi connectivity index (χ0n) is 29.1. The number of nitrogens with one attached hydrogen (secondary N) is 1. The van der Waals surface area contributed by atoms with Crippen LogP contribution in [0.2, 0.25) is 10.0 Å². The quantitative estimate of drug-likeness (QED) is 0.0861. The number of aryl methyl sites for hydroxylation is 1. The number of hydrogen-bond acceptors (Lipinski definition) is 10. The fourth-order valence-electron chi connectivity index (χ4n) is 6.23. The Kier molecular flexibility index (Phi) is 13.9. The number of hydrogen-bond donors (Lipinski definition) is 6. The van der Waals surface area contributed by atoms with E-state index in [1.54, 1.807) is 6.20 Å². The van der Waals surface area contributed by atoms with Crippen LogP contribution < -0.4 is 10.1 Å². The summed E-state index contributed by atoms with van der Waals surface area (Å²) in [6, 6.07) is 12.6. The third-order valence-corrected chi connectivity index (χ3v) is 10.1. The predicted octanol–water partition coefficient (Wildman–Crippen LogP) is 4.09. The number of amides is 1. The molecule has 12 nitrogen and oxygen atoms in total. The number of carboxylic acids is 1. The molecule has 5 rings (SSSR count). The lowest BCUT2D eigenvalue weighted by Crippen LogP contribution is -2.56. The summed E-state index contributed by atoms with van der Waals surface area (Å²) in [6.07, 6.45) is 4.39. The van der Waals surface area contributed by atoms with E-state index in [2.05, 4.69) is 16.4 Å². The first-order valence-electron chi connectivity index (χ1n) is 17.6. The number of aliphatic hydroxyl groups excluding tert-OH is 4. The van der Waals surface area contributed by atoms with Crippen molar-refractivity contribution in [1.29, 1.82) is 0 Å². The van der Waals surface area contributed by atoms with Gasteiger partial charge in [0, 0.05) is 46.5 Å². The van der Waals surface area contributed by atoms with E-state index in [9.17, 15) is 24.9 Å². The number of para-hydroxylation sites is 1. The molecule has 0 saturated heterocycles. The van der Waals surface area contributed by atoms with E-state index in [4.69, 9.17) is 42.9 Å². The molecule has 1 aromatic heterocycles. The van der Waals surface area contributed by atoms with Gasteiger partial charge >= 0.3 is 5.97 Å². The zero-order chi connectivity index (χ0) is 37.4. The van der Waals surface area contributed by atoms with Gasteiger partial charge in [0.2, 0.25) is 5.91 Å². The highest BCUT2D eigenvalue weighted by molar-refractivity contribution is 6.34. The van der Waals surface area contributed by atoms with Crippen molar-refractivity contribution in [2.45, 2.75) is 94.0 Å². The molecule has 1 heterocycles. The van der Waals surface area contributed by atoms with E-state index in [1.165, 1.54) is 11.9 Å². The van der Waals surface area contributed by atoms with Crippen LogP contribution in [-0.4, -0.2) is 104 Å². The number of pyridine rings is 1. The highest BCUT2D eigenvalue weighted by atomic mass is 35.5. The maximum atomic E-state index is 12.8. The summed E-state index contributed by atoms with van der Waals surface area (Å²) in [5.74, 6) is -0.683. The highest BCUT2D eigenvalue weighted by Gasteiger charge is 2.48. The van der Waals surface area contributed by atoms with Gasteiger partial charge in [0.1, 0.15) is 24.1 Å². The standard InChI is InChI=1S/C38H47Cl2N3O9/c1-43(20-35(47)48)19-31(36(49)37(50)32(45)21-44)42-34(46)9-5-2-6-23-16-30(40)24(17-29(23)39)22-51-38(13-14-38)28-18-41-15-12-26(28)27-7-3-4-8-33(27)52-25-10-11-25/h3-4,7-8,12,15-18,25,31-32,36-37,44-45,49-50H,2,5-6,9-11,13-14,19-22H2,1H3,(H,42,46)(H,47,48)/t31-,32+,36+,37+/m0/s1. The lowest BCUT2D eigenvalue weighted by Gasteiger charge is -2.32. The molecule has 0 aliphatic heterocycles. The molecule has 0 spiro atoms. The van der Waals surface area contributed by atoms with Gasteiger partial charge in [-0.05, 0) is 92.9 Å². The molecule has 2 saturated carbocycles. The molecule has 14 heteroatoms. The number of benzene rings is 2. The molecule has 1 amide bonds. The molecule has 52 heavy (non-hydrogen) atoms. The largest absolute Gasteiger partial charge is 0.490 e. The zero-order valence-corrected chi connectivity index (χ0v) is 30.6. The summed E-state index contributed by atoms with van der Waals surface area (Å²) in [5.41, 5.74) is 4.15. The number of aliphatic carboxylic acids is 1. The number of carbonyl (C=O) groups excluding carboxylic acids is 1. The van der Waals surface area contributed by atoms with Crippen LogP contribution in [0.4, 0.5) is 0 Å². The first-order chi connectivity index (χ1) is 24.9. The second kappa shape index (κ2) is 18.1. The molecule has 4 atom stereocenters. The number of aliphatic hydroxyl groups is 4. The molecule has 282 valence electrons. The van der Waals surface area contributed by atoms with E-state index in [0.29, 0.717) is 29.3 Å². The van der Waals surface area contributed by atoms with Crippen molar-refractivity contribution < 1.29 is 44.6 Å². The van der Waals surface area contributed by atoms with Gasteiger partial charge in [0.05, 0.1) is 37.5 Å². The van der Waals surface area contributed by atoms with Crippen LogP contribution in [-0.2, 0) is 33.0 Å². The van der Waals surface area contributed by atoms with Crippen LogP contribution in [0.25, 0.3) is 11.1 Å². The first kappa shape index (κ1) is 39.9. The van der Waals surface area contributed by atoms with E-state index in [-0.39, 0.29) is 32.2 Å². The van der Waals surface area contributed by atoms with Crippen molar-refractivity contribution in [3.8, 4) is 16.9 Å². The molecule has 0 unspecified atom stereocenters. The van der Waals surface area contributed by atoms with Crippen molar-refractivity contribution >= 4 is 35.1 Å². The van der Waals surface area contributed by atoms with Crippen LogP contribution in [0, 0.1) is 0 Å². The highest BCUT2D eigenvalue weighted by Crippen LogP contribution is 2.53. The van der Waals surface area contributed by atoms with Crippen LogP contribution >= 0.6 is 23.2 Å². The van der Waals surface area contributed by atoms with Crippen LogP contribution in [0.3, 0.4) is 0 Å². The molecule has 2 aromatic carbocycles. The predicted molar refractivity (Wildman–Crippen MR) is 195 cm³/mol. The Bertz CT molecular complexity index is 1690. The SMILES string of the molecule is CN(CC(=O)O)C[C@H](NC(=O)CCCCc1cc(Cl)c(COC2(c3cnccc3-c3ccccc3OC3CC3)CC2)cc1Cl)[C@@H](O)[C@H](O)[C@H](O)CO. The molecule has 6 N–H and O–H groups in total. The summed E-state index contributed by atoms with van der Waals surface area (Å²) in [5, 5.41) is 52.5. The van der Waals surface area contributed by atoms with Crippen molar-refractivity contribution in [2.24, 2.45) is 0 Å². The third-order valence-electron chi connectivity index (χ3n) is 9.43. The second-order valence-corrected chi connectivity index (χ2v) is 14.6. The minimum Gasteiger partial charge on any atom is -0.490 e. The van der Waals surface area contributed by atoms with Gasteiger partial charge in [-0.3, -0.25) is 19.5 Å². The van der Waals surface area contributed by atoms with Crippen molar-refractivity contribution in [3.63, 3.8) is 0 Å². The monoisotopic (exact) mass is 759 g/mol. The number of nitrogens with zero attached hydrogens (tertiary/aromatic N) is 2. The Labute approximate surface area is 313 Å². The molecule has 2 aliphatic rings. The molecular weight excluding hydrogens is 713 g/mol. The molecule has 2 aliphatic carbocycles. The van der Waals surface area contributed by atoms with Gasteiger partial charge in [-0.25, -0.2) is 0 Å². The smallest absolute Gasteiger partial charge is 0.317 e. The van der Waals surface area contributed by atoms with E-state index >= 15 is 0 Å². The Morgan fingerprint density at radius 1 is 1.02 bits per heavy atom. The van der Waals surface area contributed by atoms with E-state index in [0.717, 1.165) is 59.3 Å². The molecule has 0 bridgehead atoms. The van der Waals surface area contributed by atoms with E-state index in [1.807, 2.05) is 42.6 Å². The maximum Gasteiger partial charge on any atom is 0.317 e. The molecule has 2 fully saturated rings. The number of ether oxygens (including phenoxy) is 2. The van der Waals surface area contributed by atoms with Crippen molar-refractivity contribution in [1.82, 2.24) is 15.2 Å². The van der Waals surface area contributed by atoms with Crippen LogP contribution in [0.15, 0.2) is 54.9 Å². The van der Waals surface area contributed by atoms with E-state index < -0.39 is 48.4 Å². The normalized spacial score (nSPS) is 17.3. The van der Waals surface area contributed by atoms with Gasteiger partial charge in [0.15, 0.2) is 0 Å². The molecule has 3 aromatic rings. The summed E-state index contributed by atoms with van der Waals surface area (Å²) in [7, 11) is 1.48. The lowest BCUT2D eigenvalue weighted by atomic mass is 9.96. The fraction of sp³-hybridized carbons (Fsp3) is 0.500. The number of halogens is 2. The fourth-order valence-corrected chi connectivity index (χ4v) is 6.75. The number of unbranched alkanes of at least 4 members (excludes halogenated alkanes) is 1. The Morgan fingerprint density at radius 2 is 1.73 bits per heavy atom. The van der Waals surface area contributed by atoms with Gasteiger partial charge in [0.25, 0.3) is 0 Å². The summed E-state index contributed by atoms with van der Waals surface area (Å²) in [4.78, 5) is 29.7. The maximum absolute atomic E-state index is 12.8. The van der Waals surface area contributed by atoms with Gasteiger partial charge in [-0.1, -0.05) is 41.4 Å². The first-order valence-corrected chi connectivity index (χ1v) is 18.3. The van der Waals surface area contributed by atoms with Gasteiger partial charge in [-0.15, -0.1) is 0 Å². The average molecular weight is 761 g/mol. The third kappa shape index (κ3) is 10.6. The van der Waals surface area contributed by atoms with Gasteiger partial charge in [-0.2, -0.15) is 0 Å². The Hall–Kier alpha value is -3.33. The Balaban J connectivity index is 1.15. The topological polar surface area (TPSA) is 182 Å². The van der Waals surface area contributed by atoms with Crippen molar-refractivity contribution in [3.05, 3.63) is 81.6 Å². The second-order valence-electron chi connectivity index (χ2n) is 13.8.